The zero-order valence-corrected chi connectivity index (χ0v) is 15.6. The molecule has 4 nitrogen and oxygen atoms in total. The Morgan fingerprint density at radius 3 is 2.62 bits per heavy atom. The number of carbonyl (C=O) groups excluding carboxylic acids is 1. The van der Waals surface area contributed by atoms with Gasteiger partial charge in [-0.3, -0.25) is 9.48 Å². The summed E-state index contributed by atoms with van der Waals surface area (Å²) in [6.45, 7) is 7.05. The molecule has 1 aromatic heterocycles. The van der Waals surface area contributed by atoms with Crippen molar-refractivity contribution < 1.29 is 4.79 Å². The molecule has 0 radical (unpaired) electrons. The molecule has 1 amide bonds. The molecule has 5 heteroatoms. The molecule has 0 bridgehead atoms. The van der Waals surface area contributed by atoms with Crippen molar-refractivity contribution in [3.8, 4) is 0 Å². The van der Waals surface area contributed by atoms with E-state index in [0.717, 1.165) is 29.2 Å². The van der Waals surface area contributed by atoms with Gasteiger partial charge in [-0.1, -0.05) is 37.3 Å². The molecular weight excluding hydrogens is 318 g/mol. The lowest BCUT2D eigenvalue weighted by atomic mass is 10.0. The fraction of sp³-hybridized carbons (Fsp3) is 0.474. The van der Waals surface area contributed by atoms with Gasteiger partial charge in [-0.05, 0) is 19.4 Å². The maximum Gasteiger partial charge on any atom is 0.227 e. The second-order valence-electron chi connectivity index (χ2n) is 6.47. The minimum Gasteiger partial charge on any atom is -0.333 e. The second-order valence-corrected chi connectivity index (χ2v) is 7.95. The quantitative estimate of drug-likeness (QED) is 0.858. The first-order valence-corrected chi connectivity index (χ1v) is 9.49. The molecule has 0 spiro atoms. The second kappa shape index (κ2) is 7.01. The summed E-state index contributed by atoms with van der Waals surface area (Å²) >= 11 is 1.95. The molecule has 2 atom stereocenters. The molecular formula is C19H25N3OS. The van der Waals surface area contributed by atoms with Crippen molar-refractivity contribution >= 4 is 17.7 Å². The van der Waals surface area contributed by atoms with E-state index in [0.29, 0.717) is 11.7 Å². The Bertz CT molecular complexity index is 726. The van der Waals surface area contributed by atoms with E-state index in [1.54, 1.807) is 0 Å². The molecule has 1 aliphatic rings. The van der Waals surface area contributed by atoms with Gasteiger partial charge in [-0.25, -0.2) is 0 Å². The zero-order valence-electron chi connectivity index (χ0n) is 14.8. The Kier molecular flexibility index (Phi) is 4.99. The van der Waals surface area contributed by atoms with Crippen LogP contribution >= 0.6 is 11.8 Å². The minimum atomic E-state index is 0.148. The van der Waals surface area contributed by atoms with Gasteiger partial charge in [0.2, 0.25) is 5.91 Å². The highest BCUT2D eigenvalue weighted by Gasteiger charge is 2.33. The van der Waals surface area contributed by atoms with Crippen LogP contribution < -0.4 is 0 Å². The smallest absolute Gasteiger partial charge is 0.227 e. The first-order chi connectivity index (χ1) is 11.5. The van der Waals surface area contributed by atoms with Crippen LogP contribution in [0.1, 0.15) is 35.5 Å². The number of thioether (sulfide) groups is 1. The van der Waals surface area contributed by atoms with Crippen molar-refractivity contribution in [1.82, 2.24) is 14.7 Å². The molecule has 1 aliphatic heterocycles. The third-order valence-corrected chi connectivity index (χ3v) is 6.14. The predicted molar refractivity (Wildman–Crippen MR) is 99.2 cm³/mol. The average Bonchev–Trinajstić information content (AvgIpc) is 2.81. The van der Waals surface area contributed by atoms with Crippen molar-refractivity contribution in [3.05, 3.63) is 52.8 Å². The molecule has 128 valence electrons. The molecule has 2 aromatic rings. The van der Waals surface area contributed by atoms with Crippen molar-refractivity contribution in [2.75, 3.05) is 12.3 Å². The number of hydrogen-bond donors (Lipinski definition) is 0. The highest BCUT2D eigenvalue weighted by atomic mass is 32.2. The Balaban J connectivity index is 1.86. The largest absolute Gasteiger partial charge is 0.333 e. The standard InChI is InChI=1S/C19H25N3OS/c1-13-17(14(2)21(4)20-13)12-18(23)22-10-11-24-15(3)19(22)16-8-6-5-7-9-16/h5-9,15,19H,10-12H2,1-4H3/t15-,19-/m0/s1. The lowest BCUT2D eigenvalue weighted by Crippen LogP contribution is -2.44. The molecule has 1 saturated heterocycles. The van der Waals surface area contributed by atoms with Crippen molar-refractivity contribution in [2.45, 2.75) is 38.5 Å². The van der Waals surface area contributed by atoms with Gasteiger partial charge in [-0.2, -0.15) is 16.9 Å². The van der Waals surface area contributed by atoms with Crippen LogP contribution in [0, 0.1) is 13.8 Å². The molecule has 1 aromatic carbocycles. The van der Waals surface area contributed by atoms with E-state index in [9.17, 15) is 4.79 Å². The normalized spacial score (nSPS) is 21.1. The van der Waals surface area contributed by atoms with Crippen molar-refractivity contribution in [1.29, 1.82) is 0 Å². The van der Waals surface area contributed by atoms with Crippen molar-refractivity contribution in [2.24, 2.45) is 7.05 Å². The lowest BCUT2D eigenvalue weighted by Gasteiger charge is -2.40. The summed E-state index contributed by atoms with van der Waals surface area (Å²) in [7, 11) is 1.93. The molecule has 1 fully saturated rings. The van der Waals surface area contributed by atoms with Crippen LogP contribution in [-0.4, -0.2) is 38.1 Å². The predicted octanol–water partition coefficient (Wildman–Crippen LogP) is 3.28. The number of aromatic nitrogens is 2. The van der Waals surface area contributed by atoms with Crippen LogP contribution in [-0.2, 0) is 18.3 Å². The summed E-state index contributed by atoms with van der Waals surface area (Å²) in [5, 5.41) is 4.85. The maximum absolute atomic E-state index is 13.1. The van der Waals surface area contributed by atoms with Crippen LogP contribution in [0.25, 0.3) is 0 Å². The Morgan fingerprint density at radius 2 is 2.00 bits per heavy atom. The minimum absolute atomic E-state index is 0.148. The Labute approximate surface area is 148 Å². The highest BCUT2D eigenvalue weighted by Crippen LogP contribution is 2.36. The van der Waals surface area contributed by atoms with E-state index >= 15 is 0 Å². The molecule has 2 heterocycles. The Morgan fingerprint density at radius 1 is 1.29 bits per heavy atom. The van der Waals surface area contributed by atoms with Gasteiger partial charge < -0.3 is 4.90 Å². The number of benzene rings is 1. The first-order valence-electron chi connectivity index (χ1n) is 8.44. The Hall–Kier alpha value is -1.75. The lowest BCUT2D eigenvalue weighted by molar-refractivity contribution is -0.132. The summed E-state index contributed by atoms with van der Waals surface area (Å²) in [5.74, 6) is 1.21. The fourth-order valence-corrected chi connectivity index (χ4v) is 4.69. The zero-order chi connectivity index (χ0) is 17.3. The molecule has 24 heavy (non-hydrogen) atoms. The summed E-state index contributed by atoms with van der Waals surface area (Å²) in [5.41, 5.74) is 4.33. The average molecular weight is 343 g/mol. The molecule has 0 unspecified atom stereocenters. The molecule has 3 rings (SSSR count). The molecule has 0 N–H and O–H groups in total. The van der Waals surface area contributed by atoms with E-state index in [4.69, 9.17) is 0 Å². The van der Waals surface area contributed by atoms with Gasteiger partial charge in [0.25, 0.3) is 0 Å². The van der Waals surface area contributed by atoms with Gasteiger partial charge >= 0.3 is 0 Å². The van der Waals surface area contributed by atoms with Crippen LogP contribution in [0.15, 0.2) is 30.3 Å². The molecule has 0 saturated carbocycles. The van der Waals surface area contributed by atoms with E-state index in [1.807, 2.05) is 43.4 Å². The third kappa shape index (κ3) is 3.22. The maximum atomic E-state index is 13.1. The number of amides is 1. The van der Waals surface area contributed by atoms with Gasteiger partial charge in [0.15, 0.2) is 0 Å². The monoisotopic (exact) mass is 343 g/mol. The first kappa shape index (κ1) is 17.1. The topological polar surface area (TPSA) is 38.1 Å². The van der Waals surface area contributed by atoms with Gasteiger partial charge in [0, 0.05) is 35.9 Å². The SMILES string of the molecule is Cc1nn(C)c(C)c1CC(=O)N1CCS[C@@H](C)[C@H]1c1ccccc1. The summed E-state index contributed by atoms with van der Waals surface area (Å²) in [4.78, 5) is 15.2. The number of rotatable bonds is 3. The summed E-state index contributed by atoms with van der Waals surface area (Å²) in [6, 6.07) is 10.5. The van der Waals surface area contributed by atoms with Gasteiger partial charge in [-0.15, -0.1) is 0 Å². The van der Waals surface area contributed by atoms with Crippen LogP contribution in [0.2, 0.25) is 0 Å². The third-order valence-electron chi connectivity index (χ3n) is 4.94. The fourth-order valence-electron chi connectivity index (χ4n) is 3.53. The van der Waals surface area contributed by atoms with E-state index in [2.05, 4.69) is 41.2 Å². The number of hydrogen-bond acceptors (Lipinski definition) is 3. The van der Waals surface area contributed by atoms with Gasteiger partial charge in [0.05, 0.1) is 18.2 Å². The van der Waals surface area contributed by atoms with Crippen molar-refractivity contribution in [3.63, 3.8) is 0 Å². The number of carbonyl (C=O) groups is 1. The summed E-state index contributed by atoms with van der Waals surface area (Å²) in [6.07, 6.45) is 0.437. The number of nitrogens with zero attached hydrogens (tertiary/aromatic N) is 3. The van der Waals surface area contributed by atoms with E-state index in [-0.39, 0.29) is 11.9 Å². The van der Waals surface area contributed by atoms with Crippen LogP contribution in [0.3, 0.4) is 0 Å². The molecule has 0 aliphatic carbocycles. The number of aryl methyl sites for hydroxylation is 2. The summed E-state index contributed by atoms with van der Waals surface area (Å²) < 4.78 is 1.86. The van der Waals surface area contributed by atoms with Crippen LogP contribution in [0.5, 0.6) is 0 Å². The van der Waals surface area contributed by atoms with E-state index < -0.39 is 0 Å². The van der Waals surface area contributed by atoms with Crippen LogP contribution in [0.4, 0.5) is 0 Å². The van der Waals surface area contributed by atoms with Gasteiger partial charge in [0.1, 0.15) is 0 Å². The highest BCUT2D eigenvalue weighted by molar-refractivity contribution is 8.00. The van der Waals surface area contributed by atoms with E-state index in [1.165, 1.54) is 5.56 Å².